The molecule has 1 atom stereocenters. The summed E-state index contributed by atoms with van der Waals surface area (Å²) in [7, 11) is -3.78. The number of carbonyl (C=O) groups excluding carboxylic acids is 1. The number of hydrogen-bond donors (Lipinski definition) is 3. The Morgan fingerprint density at radius 1 is 1.21 bits per heavy atom. The molecule has 0 aliphatic carbocycles. The van der Waals surface area contributed by atoms with Crippen LogP contribution in [0.3, 0.4) is 0 Å². The van der Waals surface area contributed by atoms with Crippen LogP contribution in [-0.2, 0) is 31.5 Å². The van der Waals surface area contributed by atoms with Crippen molar-refractivity contribution in [2.24, 2.45) is 0 Å². The molecule has 1 aliphatic rings. The molecule has 0 radical (unpaired) electrons. The molecule has 1 aromatic heterocycles. The SMILES string of the molecule is CC(CCn1cc2cc(C#Cc3ccc(C4(O)COC4)cc3)ccc2n1)(C(=O)NO)S(C)(=O)=O. The summed E-state index contributed by atoms with van der Waals surface area (Å²) in [5, 5.41) is 24.5. The molecule has 1 saturated heterocycles. The number of nitrogens with zero attached hydrogens (tertiary/aromatic N) is 2. The number of aryl methyl sites for hydroxylation is 1. The molecule has 3 aromatic rings. The van der Waals surface area contributed by atoms with E-state index in [2.05, 4.69) is 16.9 Å². The molecule has 1 aliphatic heterocycles. The Morgan fingerprint density at radius 2 is 1.85 bits per heavy atom. The van der Waals surface area contributed by atoms with E-state index in [1.54, 1.807) is 10.9 Å². The Kier molecular flexibility index (Phi) is 6.22. The maximum absolute atomic E-state index is 12.1. The number of hydroxylamine groups is 1. The third-order valence-electron chi connectivity index (χ3n) is 6.23. The molecule has 2 heterocycles. The van der Waals surface area contributed by atoms with Crippen molar-refractivity contribution in [2.45, 2.75) is 30.2 Å². The molecule has 4 rings (SSSR count). The number of benzene rings is 2. The van der Waals surface area contributed by atoms with Crippen LogP contribution in [0.2, 0.25) is 0 Å². The lowest BCUT2D eigenvalue weighted by Crippen LogP contribution is -2.49. The van der Waals surface area contributed by atoms with Crippen molar-refractivity contribution in [1.82, 2.24) is 15.3 Å². The van der Waals surface area contributed by atoms with Crippen molar-refractivity contribution in [2.75, 3.05) is 19.5 Å². The van der Waals surface area contributed by atoms with Crippen LogP contribution in [0.4, 0.5) is 0 Å². The molecular formula is C24H25N3O6S. The maximum Gasteiger partial charge on any atom is 0.264 e. The van der Waals surface area contributed by atoms with E-state index in [0.29, 0.717) is 18.7 Å². The summed E-state index contributed by atoms with van der Waals surface area (Å²) in [5.41, 5.74) is 3.65. The number of aromatic nitrogens is 2. The van der Waals surface area contributed by atoms with Gasteiger partial charge >= 0.3 is 0 Å². The van der Waals surface area contributed by atoms with E-state index in [1.165, 1.54) is 12.4 Å². The van der Waals surface area contributed by atoms with E-state index in [-0.39, 0.29) is 13.0 Å². The molecule has 0 bridgehead atoms. The summed E-state index contributed by atoms with van der Waals surface area (Å²) in [6.07, 6.45) is 2.66. The molecule has 9 nitrogen and oxygen atoms in total. The fourth-order valence-electron chi connectivity index (χ4n) is 3.65. The quantitative estimate of drug-likeness (QED) is 0.274. The van der Waals surface area contributed by atoms with Gasteiger partial charge in [0, 0.05) is 35.5 Å². The molecule has 0 saturated carbocycles. The van der Waals surface area contributed by atoms with Gasteiger partial charge < -0.3 is 9.84 Å². The van der Waals surface area contributed by atoms with E-state index in [0.717, 1.165) is 28.3 Å². The van der Waals surface area contributed by atoms with Crippen molar-refractivity contribution in [3.05, 3.63) is 65.4 Å². The van der Waals surface area contributed by atoms with Crippen molar-refractivity contribution in [3.63, 3.8) is 0 Å². The summed E-state index contributed by atoms with van der Waals surface area (Å²) in [6, 6.07) is 13.0. The van der Waals surface area contributed by atoms with Crippen LogP contribution >= 0.6 is 0 Å². The average molecular weight is 484 g/mol. The van der Waals surface area contributed by atoms with Gasteiger partial charge in [0.2, 0.25) is 0 Å². The van der Waals surface area contributed by atoms with Crippen molar-refractivity contribution >= 4 is 26.6 Å². The Morgan fingerprint density at radius 3 is 2.44 bits per heavy atom. The van der Waals surface area contributed by atoms with Crippen molar-refractivity contribution in [1.29, 1.82) is 0 Å². The first-order valence-corrected chi connectivity index (χ1v) is 12.5. The first-order chi connectivity index (χ1) is 16.0. The maximum atomic E-state index is 12.1. The second-order valence-corrected chi connectivity index (χ2v) is 11.2. The van der Waals surface area contributed by atoms with Crippen LogP contribution in [0.1, 0.15) is 30.0 Å². The minimum Gasteiger partial charge on any atom is -0.380 e. The van der Waals surface area contributed by atoms with E-state index in [4.69, 9.17) is 9.94 Å². The van der Waals surface area contributed by atoms with E-state index >= 15 is 0 Å². The van der Waals surface area contributed by atoms with Gasteiger partial charge in [0.05, 0.1) is 18.7 Å². The topological polar surface area (TPSA) is 131 Å². The Labute approximate surface area is 197 Å². The largest absolute Gasteiger partial charge is 0.380 e. The van der Waals surface area contributed by atoms with Gasteiger partial charge in [-0.3, -0.25) is 14.7 Å². The van der Waals surface area contributed by atoms with Gasteiger partial charge in [0.1, 0.15) is 5.60 Å². The molecule has 0 spiro atoms. The number of ether oxygens (including phenoxy) is 1. The second-order valence-electron chi connectivity index (χ2n) is 8.71. The highest BCUT2D eigenvalue weighted by Crippen LogP contribution is 2.29. The number of rotatable bonds is 6. The molecular weight excluding hydrogens is 458 g/mol. The summed E-state index contributed by atoms with van der Waals surface area (Å²) in [6.45, 7) is 2.04. The third kappa shape index (κ3) is 4.56. The summed E-state index contributed by atoms with van der Waals surface area (Å²) < 4.78 is 29.1. The predicted octanol–water partition coefficient (Wildman–Crippen LogP) is 1.35. The molecule has 10 heteroatoms. The van der Waals surface area contributed by atoms with Crippen LogP contribution in [0.5, 0.6) is 0 Å². The summed E-state index contributed by atoms with van der Waals surface area (Å²) >= 11 is 0. The minimum atomic E-state index is -3.78. The Bertz CT molecular complexity index is 1400. The van der Waals surface area contributed by atoms with Crippen LogP contribution in [0, 0.1) is 11.8 Å². The number of amides is 1. The zero-order valence-electron chi connectivity index (χ0n) is 18.8. The van der Waals surface area contributed by atoms with Gasteiger partial charge in [-0.05, 0) is 49.2 Å². The first-order valence-electron chi connectivity index (χ1n) is 10.6. The highest BCUT2D eigenvalue weighted by molar-refractivity contribution is 7.92. The monoisotopic (exact) mass is 483 g/mol. The van der Waals surface area contributed by atoms with Crippen molar-refractivity contribution in [3.8, 4) is 11.8 Å². The number of fused-ring (bicyclic) bond motifs is 1. The van der Waals surface area contributed by atoms with E-state index in [1.807, 2.05) is 42.5 Å². The highest BCUT2D eigenvalue weighted by atomic mass is 32.2. The summed E-state index contributed by atoms with van der Waals surface area (Å²) in [5.74, 6) is 5.24. The van der Waals surface area contributed by atoms with Gasteiger partial charge in [-0.15, -0.1) is 0 Å². The number of aliphatic hydroxyl groups is 1. The molecule has 178 valence electrons. The average Bonchev–Trinajstić information content (AvgIpc) is 3.21. The number of carbonyl (C=O) groups is 1. The Hall–Kier alpha value is -3.23. The van der Waals surface area contributed by atoms with Gasteiger partial charge in [-0.1, -0.05) is 24.0 Å². The van der Waals surface area contributed by atoms with Gasteiger partial charge in [0.15, 0.2) is 14.6 Å². The van der Waals surface area contributed by atoms with Gasteiger partial charge in [-0.25, -0.2) is 13.9 Å². The fourth-order valence-corrected chi connectivity index (χ4v) is 4.50. The fraction of sp³-hybridized carbons (Fsp3) is 0.333. The molecule has 1 amide bonds. The van der Waals surface area contributed by atoms with E-state index in [9.17, 15) is 18.3 Å². The summed E-state index contributed by atoms with van der Waals surface area (Å²) in [4.78, 5) is 12.0. The standard InChI is InChI=1S/C24H25N3O6S/c1-23(22(28)26-30,34(2,31)32)11-12-27-14-19-13-18(7-10-21(19)25-27)4-3-17-5-8-20(9-6-17)24(29)15-33-16-24/h5-10,13-14,29-30H,11-12,15-16H2,1-2H3,(H,26,28). The predicted molar refractivity (Wildman–Crippen MR) is 125 cm³/mol. The van der Waals surface area contributed by atoms with Crippen LogP contribution in [-0.4, -0.2) is 58.6 Å². The zero-order valence-corrected chi connectivity index (χ0v) is 19.6. The number of hydrogen-bond acceptors (Lipinski definition) is 7. The van der Waals surface area contributed by atoms with Crippen LogP contribution in [0.15, 0.2) is 48.7 Å². The molecule has 34 heavy (non-hydrogen) atoms. The normalized spacial score (nSPS) is 16.7. The smallest absolute Gasteiger partial charge is 0.264 e. The third-order valence-corrected chi connectivity index (χ3v) is 8.25. The van der Waals surface area contributed by atoms with Crippen LogP contribution in [0.25, 0.3) is 10.9 Å². The number of nitrogens with one attached hydrogen (secondary N) is 1. The molecule has 3 N–H and O–H groups in total. The minimum absolute atomic E-state index is 0.0594. The lowest BCUT2D eigenvalue weighted by Gasteiger charge is -2.36. The molecule has 1 unspecified atom stereocenters. The van der Waals surface area contributed by atoms with E-state index < -0.39 is 26.1 Å². The lowest BCUT2D eigenvalue weighted by atomic mass is 9.91. The Balaban J connectivity index is 1.49. The molecule has 2 aromatic carbocycles. The van der Waals surface area contributed by atoms with Crippen LogP contribution < -0.4 is 5.48 Å². The lowest BCUT2D eigenvalue weighted by molar-refractivity contribution is -0.184. The first kappa shape index (κ1) is 23.9. The zero-order chi connectivity index (χ0) is 24.6. The number of sulfone groups is 1. The van der Waals surface area contributed by atoms with Gasteiger partial charge in [0.25, 0.3) is 5.91 Å². The second kappa shape index (κ2) is 8.85. The van der Waals surface area contributed by atoms with Gasteiger partial charge in [-0.2, -0.15) is 5.10 Å². The van der Waals surface area contributed by atoms with Crippen molar-refractivity contribution < 1.29 is 28.3 Å². The molecule has 1 fully saturated rings. The highest BCUT2D eigenvalue weighted by Gasteiger charge is 2.43.